The minimum Gasteiger partial charge on any atom is -0.462 e. The van der Waals surface area contributed by atoms with E-state index in [0.717, 1.165) is 18.1 Å². The first-order valence-electron chi connectivity index (χ1n) is 7.40. The fourth-order valence-corrected chi connectivity index (χ4v) is 4.56. The second-order valence-electron chi connectivity index (χ2n) is 5.71. The molecular formula is C15H19N3O2S. The maximum Gasteiger partial charge on any atom is 0.343 e. The van der Waals surface area contributed by atoms with Gasteiger partial charge < -0.3 is 15.4 Å². The molecule has 2 N–H and O–H groups in total. The first-order chi connectivity index (χ1) is 10.2. The summed E-state index contributed by atoms with van der Waals surface area (Å²) in [5.41, 5.74) is 6.65. The molecule has 1 aromatic rings. The van der Waals surface area contributed by atoms with Gasteiger partial charge in [-0.1, -0.05) is 6.42 Å². The van der Waals surface area contributed by atoms with Crippen molar-refractivity contribution in [2.45, 2.75) is 26.2 Å². The number of nitriles is 1. The van der Waals surface area contributed by atoms with Crippen molar-refractivity contribution in [3.63, 3.8) is 0 Å². The smallest absolute Gasteiger partial charge is 0.343 e. The SMILES string of the molecule is CCOC(=O)c1c(N2CC3CCCC3C2)sc(C#N)c1N. The lowest BCUT2D eigenvalue weighted by Crippen LogP contribution is -2.22. The average molecular weight is 305 g/mol. The number of thiophene rings is 1. The highest BCUT2D eigenvalue weighted by Gasteiger charge is 2.39. The summed E-state index contributed by atoms with van der Waals surface area (Å²) in [4.78, 5) is 14.8. The van der Waals surface area contributed by atoms with Crippen molar-refractivity contribution in [3.8, 4) is 6.07 Å². The number of nitrogens with zero attached hydrogens (tertiary/aromatic N) is 2. The highest BCUT2D eigenvalue weighted by atomic mass is 32.1. The van der Waals surface area contributed by atoms with Crippen LogP contribution in [0, 0.1) is 23.2 Å². The van der Waals surface area contributed by atoms with Gasteiger partial charge in [-0.2, -0.15) is 5.26 Å². The Balaban J connectivity index is 1.94. The molecule has 21 heavy (non-hydrogen) atoms. The van der Waals surface area contributed by atoms with E-state index >= 15 is 0 Å². The number of nitrogen functional groups attached to an aromatic ring is 1. The van der Waals surface area contributed by atoms with Crippen LogP contribution in [-0.2, 0) is 4.74 Å². The minimum atomic E-state index is -0.417. The fourth-order valence-electron chi connectivity index (χ4n) is 3.54. The van der Waals surface area contributed by atoms with E-state index in [2.05, 4.69) is 11.0 Å². The first-order valence-corrected chi connectivity index (χ1v) is 8.21. The third-order valence-electron chi connectivity index (χ3n) is 4.52. The summed E-state index contributed by atoms with van der Waals surface area (Å²) in [6.07, 6.45) is 3.84. The molecule has 112 valence electrons. The van der Waals surface area contributed by atoms with Crippen LogP contribution in [0.3, 0.4) is 0 Å². The van der Waals surface area contributed by atoms with Gasteiger partial charge in [-0.15, -0.1) is 11.3 Å². The number of carbonyl (C=O) groups is 1. The Kier molecular flexibility index (Phi) is 3.77. The topological polar surface area (TPSA) is 79.3 Å². The van der Waals surface area contributed by atoms with Gasteiger partial charge in [0, 0.05) is 13.1 Å². The molecule has 0 aromatic carbocycles. The van der Waals surface area contributed by atoms with Gasteiger partial charge in [0.25, 0.3) is 0 Å². The van der Waals surface area contributed by atoms with Gasteiger partial charge in [0.1, 0.15) is 21.5 Å². The number of anilines is 2. The van der Waals surface area contributed by atoms with Gasteiger partial charge in [0.2, 0.25) is 0 Å². The van der Waals surface area contributed by atoms with Crippen LogP contribution in [-0.4, -0.2) is 25.7 Å². The van der Waals surface area contributed by atoms with Crippen molar-refractivity contribution in [2.75, 3.05) is 30.3 Å². The third-order valence-corrected chi connectivity index (χ3v) is 5.69. The number of hydrogen-bond donors (Lipinski definition) is 1. The summed E-state index contributed by atoms with van der Waals surface area (Å²) in [5, 5.41) is 10.00. The molecule has 2 unspecified atom stereocenters. The summed E-state index contributed by atoms with van der Waals surface area (Å²) in [6, 6.07) is 2.09. The lowest BCUT2D eigenvalue weighted by atomic mass is 10.0. The average Bonchev–Trinajstić information content (AvgIpc) is 3.10. The van der Waals surface area contributed by atoms with Crippen molar-refractivity contribution < 1.29 is 9.53 Å². The molecule has 5 nitrogen and oxygen atoms in total. The van der Waals surface area contributed by atoms with Gasteiger partial charge in [-0.3, -0.25) is 0 Å². The summed E-state index contributed by atoms with van der Waals surface area (Å²) < 4.78 is 5.11. The van der Waals surface area contributed by atoms with E-state index in [1.807, 2.05) is 0 Å². The van der Waals surface area contributed by atoms with Crippen LogP contribution >= 0.6 is 11.3 Å². The summed E-state index contributed by atoms with van der Waals surface area (Å²) >= 11 is 1.32. The Bertz CT molecular complexity index is 593. The van der Waals surface area contributed by atoms with E-state index in [9.17, 15) is 10.1 Å². The number of carbonyl (C=O) groups excluding carboxylic acids is 1. The molecule has 1 saturated heterocycles. The first kappa shape index (κ1) is 14.2. The summed E-state index contributed by atoms with van der Waals surface area (Å²) in [7, 11) is 0. The molecular weight excluding hydrogens is 286 g/mol. The second-order valence-corrected chi connectivity index (χ2v) is 6.71. The molecule has 1 aliphatic carbocycles. The maximum absolute atomic E-state index is 12.2. The standard InChI is InChI=1S/C15H19N3O2S/c1-2-20-15(19)12-13(17)11(6-16)21-14(12)18-7-9-4-3-5-10(9)8-18/h9-10H,2-5,7-8,17H2,1H3. The molecule has 0 amide bonds. The molecule has 0 radical (unpaired) electrons. The Hall–Kier alpha value is -1.74. The largest absolute Gasteiger partial charge is 0.462 e. The van der Waals surface area contributed by atoms with E-state index in [1.54, 1.807) is 6.92 Å². The quantitative estimate of drug-likeness (QED) is 0.868. The van der Waals surface area contributed by atoms with E-state index in [4.69, 9.17) is 10.5 Å². The minimum absolute atomic E-state index is 0.271. The Morgan fingerprint density at radius 1 is 1.48 bits per heavy atom. The van der Waals surface area contributed by atoms with E-state index in [1.165, 1.54) is 30.6 Å². The molecule has 0 spiro atoms. The van der Waals surface area contributed by atoms with Crippen molar-refractivity contribution in [1.82, 2.24) is 0 Å². The molecule has 2 aliphatic rings. The Labute approximate surface area is 128 Å². The van der Waals surface area contributed by atoms with Crippen LogP contribution in [0.5, 0.6) is 0 Å². The van der Waals surface area contributed by atoms with Crippen molar-refractivity contribution in [2.24, 2.45) is 11.8 Å². The van der Waals surface area contributed by atoms with Crippen LogP contribution in [0.1, 0.15) is 41.4 Å². The van der Waals surface area contributed by atoms with Crippen molar-refractivity contribution >= 4 is 28.0 Å². The van der Waals surface area contributed by atoms with Crippen LogP contribution in [0.25, 0.3) is 0 Å². The van der Waals surface area contributed by atoms with Gasteiger partial charge >= 0.3 is 5.97 Å². The lowest BCUT2D eigenvalue weighted by molar-refractivity contribution is 0.0529. The van der Waals surface area contributed by atoms with Gasteiger partial charge in [0.15, 0.2) is 0 Å². The normalized spacial score (nSPS) is 23.9. The number of rotatable bonds is 3. The molecule has 0 bridgehead atoms. The zero-order chi connectivity index (χ0) is 15.0. The van der Waals surface area contributed by atoms with Crippen molar-refractivity contribution in [3.05, 3.63) is 10.4 Å². The van der Waals surface area contributed by atoms with Crippen LogP contribution in [0.4, 0.5) is 10.7 Å². The zero-order valence-corrected chi connectivity index (χ0v) is 12.9. The van der Waals surface area contributed by atoms with Gasteiger partial charge in [0.05, 0.1) is 12.3 Å². The summed E-state index contributed by atoms with van der Waals surface area (Å²) in [6.45, 7) is 4.00. The van der Waals surface area contributed by atoms with Gasteiger partial charge in [-0.05, 0) is 31.6 Å². The predicted octanol–water partition coefficient (Wildman–Crippen LogP) is 2.61. The molecule has 1 aromatic heterocycles. The highest BCUT2D eigenvalue weighted by Crippen LogP contribution is 2.45. The number of ether oxygens (including phenoxy) is 1. The molecule has 6 heteroatoms. The predicted molar refractivity (Wildman–Crippen MR) is 82.4 cm³/mol. The molecule has 2 atom stereocenters. The number of nitrogens with two attached hydrogens (primary N) is 1. The van der Waals surface area contributed by atoms with Crippen LogP contribution in [0.2, 0.25) is 0 Å². The van der Waals surface area contributed by atoms with Crippen LogP contribution in [0.15, 0.2) is 0 Å². The van der Waals surface area contributed by atoms with Crippen LogP contribution < -0.4 is 10.6 Å². The Morgan fingerprint density at radius 2 is 2.14 bits per heavy atom. The van der Waals surface area contributed by atoms with E-state index in [0.29, 0.717) is 28.9 Å². The number of esters is 1. The van der Waals surface area contributed by atoms with Crippen molar-refractivity contribution in [1.29, 1.82) is 5.26 Å². The monoisotopic (exact) mass is 305 g/mol. The molecule has 1 aliphatic heterocycles. The molecule has 2 heterocycles. The molecule has 3 rings (SSSR count). The van der Waals surface area contributed by atoms with Gasteiger partial charge in [-0.25, -0.2) is 4.79 Å². The summed E-state index contributed by atoms with van der Waals surface area (Å²) in [5.74, 6) is 1.02. The van der Waals surface area contributed by atoms with E-state index in [-0.39, 0.29) is 5.69 Å². The second kappa shape index (κ2) is 5.57. The Morgan fingerprint density at radius 3 is 2.71 bits per heavy atom. The third kappa shape index (κ3) is 2.36. The van der Waals surface area contributed by atoms with E-state index < -0.39 is 5.97 Å². The highest BCUT2D eigenvalue weighted by molar-refractivity contribution is 7.17. The lowest BCUT2D eigenvalue weighted by Gasteiger charge is -2.19. The number of fused-ring (bicyclic) bond motifs is 1. The maximum atomic E-state index is 12.2. The molecule has 1 saturated carbocycles. The number of hydrogen-bond acceptors (Lipinski definition) is 6. The fraction of sp³-hybridized carbons (Fsp3) is 0.600. The zero-order valence-electron chi connectivity index (χ0n) is 12.1. The molecule has 2 fully saturated rings.